The van der Waals surface area contributed by atoms with E-state index in [-0.39, 0.29) is 17.9 Å². The van der Waals surface area contributed by atoms with Gasteiger partial charge in [-0.25, -0.2) is 4.79 Å². The van der Waals surface area contributed by atoms with E-state index >= 15 is 0 Å². The first kappa shape index (κ1) is 15.9. The first-order chi connectivity index (χ1) is 9.43. The third-order valence-corrected chi connectivity index (χ3v) is 2.33. The second-order valence-corrected chi connectivity index (χ2v) is 3.85. The molecule has 1 amide bonds. The van der Waals surface area contributed by atoms with Crippen molar-refractivity contribution in [2.45, 2.75) is 26.5 Å². The van der Waals surface area contributed by atoms with E-state index in [9.17, 15) is 18.4 Å². The molecular formula is C13H15F2NO4. The molecule has 0 radical (unpaired) electrons. The average molecular weight is 287 g/mol. The Labute approximate surface area is 114 Å². The fourth-order valence-corrected chi connectivity index (χ4v) is 1.39. The molecule has 1 aromatic carbocycles. The summed E-state index contributed by atoms with van der Waals surface area (Å²) in [4.78, 5) is 23.1. The molecule has 0 aromatic heterocycles. The van der Waals surface area contributed by atoms with E-state index in [1.54, 1.807) is 6.92 Å². The van der Waals surface area contributed by atoms with Crippen LogP contribution in [-0.2, 0) is 9.53 Å². The van der Waals surface area contributed by atoms with Crippen LogP contribution >= 0.6 is 0 Å². The minimum absolute atomic E-state index is 0.0463. The van der Waals surface area contributed by atoms with Crippen LogP contribution in [0.4, 0.5) is 8.78 Å². The van der Waals surface area contributed by atoms with Gasteiger partial charge in [-0.1, -0.05) is 0 Å². The molecule has 1 rings (SSSR count). The SMILES string of the molecule is CCOC(=O)C(C)NC(=O)c1ccc(OC(F)F)cc1. The molecule has 0 saturated heterocycles. The summed E-state index contributed by atoms with van der Waals surface area (Å²) in [5.41, 5.74) is 0.225. The van der Waals surface area contributed by atoms with E-state index in [4.69, 9.17) is 4.74 Å². The number of carbonyl (C=O) groups excluding carboxylic acids is 2. The van der Waals surface area contributed by atoms with Gasteiger partial charge in [-0.3, -0.25) is 4.79 Å². The van der Waals surface area contributed by atoms with Crippen LogP contribution in [0.15, 0.2) is 24.3 Å². The number of halogens is 2. The highest BCUT2D eigenvalue weighted by molar-refractivity contribution is 5.96. The van der Waals surface area contributed by atoms with Crippen molar-refractivity contribution in [1.29, 1.82) is 0 Å². The fourth-order valence-electron chi connectivity index (χ4n) is 1.39. The minimum Gasteiger partial charge on any atom is -0.464 e. The van der Waals surface area contributed by atoms with Crippen molar-refractivity contribution in [2.75, 3.05) is 6.61 Å². The molecule has 1 unspecified atom stereocenters. The van der Waals surface area contributed by atoms with Crippen molar-refractivity contribution in [2.24, 2.45) is 0 Å². The number of nitrogens with one attached hydrogen (secondary N) is 1. The zero-order valence-electron chi connectivity index (χ0n) is 11.1. The van der Waals surface area contributed by atoms with Gasteiger partial charge in [0.1, 0.15) is 11.8 Å². The van der Waals surface area contributed by atoms with Crippen LogP contribution in [0, 0.1) is 0 Å². The van der Waals surface area contributed by atoms with Crippen LogP contribution in [0.1, 0.15) is 24.2 Å². The average Bonchev–Trinajstić information content (AvgIpc) is 2.39. The molecule has 0 aliphatic heterocycles. The van der Waals surface area contributed by atoms with Gasteiger partial charge in [-0.2, -0.15) is 8.78 Å². The number of hydrogen-bond donors (Lipinski definition) is 1. The summed E-state index contributed by atoms with van der Waals surface area (Å²) in [6.45, 7) is 0.454. The van der Waals surface area contributed by atoms with Gasteiger partial charge < -0.3 is 14.8 Å². The Morgan fingerprint density at radius 1 is 1.25 bits per heavy atom. The standard InChI is InChI=1S/C13H15F2NO4/c1-3-19-12(18)8(2)16-11(17)9-4-6-10(7-5-9)20-13(14)15/h4-8,13H,3H2,1-2H3,(H,16,17). The molecule has 0 heterocycles. The highest BCUT2D eigenvalue weighted by Gasteiger charge is 2.17. The Kier molecular flexibility index (Phi) is 5.89. The molecular weight excluding hydrogens is 272 g/mol. The second kappa shape index (κ2) is 7.42. The summed E-state index contributed by atoms with van der Waals surface area (Å²) in [5, 5.41) is 2.44. The molecule has 5 nitrogen and oxygen atoms in total. The Balaban J connectivity index is 2.61. The second-order valence-electron chi connectivity index (χ2n) is 3.85. The van der Waals surface area contributed by atoms with Gasteiger partial charge in [-0.15, -0.1) is 0 Å². The molecule has 1 aromatic rings. The van der Waals surface area contributed by atoms with Gasteiger partial charge >= 0.3 is 12.6 Å². The summed E-state index contributed by atoms with van der Waals surface area (Å²) < 4.78 is 32.8. The molecule has 0 aliphatic carbocycles. The number of amides is 1. The molecule has 20 heavy (non-hydrogen) atoms. The summed E-state index contributed by atoms with van der Waals surface area (Å²) in [7, 11) is 0. The number of hydrogen-bond acceptors (Lipinski definition) is 4. The fraction of sp³-hybridized carbons (Fsp3) is 0.385. The monoisotopic (exact) mass is 287 g/mol. The normalized spacial score (nSPS) is 11.8. The molecule has 0 saturated carbocycles. The lowest BCUT2D eigenvalue weighted by molar-refractivity contribution is -0.144. The minimum atomic E-state index is -2.92. The molecule has 0 spiro atoms. The summed E-state index contributed by atoms with van der Waals surface area (Å²) in [6, 6.07) is 4.35. The number of benzene rings is 1. The Bertz CT molecular complexity index is 462. The van der Waals surface area contributed by atoms with Crippen molar-refractivity contribution in [3.63, 3.8) is 0 Å². The van der Waals surface area contributed by atoms with Crippen LogP contribution < -0.4 is 10.1 Å². The molecule has 0 bridgehead atoms. The van der Waals surface area contributed by atoms with Crippen molar-refractivity contribution >= 4 is 11.9 Å². The Morgan fingerprint density at radius 2 is 1.85 bits per heavy atom. The van der Waals surface area contributed by atoms with Crippen molar-refractivity contribution in [3.05, 3.63) is 29.8 Å². The quantitative estimate of drug-likeness (QED) is 0.812. The lowest BCUT2D eigenvalue weighted by Gasteiger charge is -2.12. The summed E-state index contributed by atoms with van der Waals surface area (Å²) >= 11 is 0. The van der Waals surface area contributed by atoms with Crippen molar-refractivity contribution < 1.29 is 27.8 Å². The van der Waals surface area contributed by atoms with Crippen LogP contribution in [0.2, 0.25) is 0 Å². The van der Waals surface area contributed by atoms with E-state index in [0.29, 0.717) is 0 Å². The lowest BCUT2D eigenvalue weighted by Crippen LogP contribution is -2.39. The predicted molar refractivity (Wildman–Crippen MR) is 66.6 cm³/mol. The van der Waals surface area contributed by atoms with Gasteiger partial charge in [0.05, 0.1) is 6.61 Å². The lowest BCUT2D eigenvalue weighted by atomic mass is 10.2. The maximum Gasteiger partial charge on any atom is 0.387 e. The van der Waals surface area contributed by atoms with Gasteiger partial charge in [-0.05, 0) is 38.1 Å². The van der Waals surface area contributed by atoms with Gasteiger partial charge in [0.2, 0.25) is 0 Å². The van der Waals surface area contributed by atoms with E-state index in [0.717, 1.165) is 0 Å². The Hall–Kier alpha value is -2.18. The van der Waals surface area contributed by atoms with E-state index < -0.39 is 24.5 Å². The molecule has 110 valence electrons. The number of alkyl halides is 2. The highest BCUT2D eigenvalue weighted by Crippen LogP contribution is 2.14. The number of rotatable bonds is 6. The van der Waals surface area contributed by atoms with Crippen LogP contribution in [0.5, 0.6) is 5.75 Å². The largest absolute Gasteiger partial charge is 0.464 e. The Morgan fingerprint density at radius 3 is 2.35 bits per heavy atom. The molecule has 0 fully saturated rings. The third-order valence-electron chi connectivity index (χ3n) is 2.33. The topological polar surface area (TPSA) is 64.6 Å². The summed E-state index contributed by atoms with van der Waals surface area (Å²) in [5.74, 6) is -1.09. The van der Waals surface area contributed by atoms with Crippen LogP contribution in [-0.4, -0.2) is 31.1 Å². The smallest absolute Gasteiger partial charge is 0.387 e. The number of esters is 1. The maximum absolute atomic E-state index is 12.0. The predicted octanol–water partition coefficient (Wildman–Crippen LogP) is 1.97. The maximum atomic E-state index is 12.0. The van der Waals surface area contributed by atoms with E-state index in [1.807, 2.05) is 0 Å². The van der Waals surface area contributed by atoms with Gasteiger partial charge in [0.15, 0.2) is 0 Å². The zero-order valence-corrected chi connectivity index (χ0v) is 11.1. The van der Waals surface area contributed by atoms with Crippen LogP contribution in [0.25, 0.3) is 0 Å². The van der Waals surface area contributed by atoms with Crippen LogP contribution in [0.3, 0.4) is 0 Å². The third kappa shape index (κ3) is 4.83. The highest BCUT2D eigenvalue weighted by atomic mass is 19.3. The van der Waals surface area contributed by atoms with Gasteiger partial charge in [0.25, 0.3) is 5.91 Å². The zero-order chi connectivity index (χ0) is 15.1. The van der Waals surface area contributed by atoms with Crippen molar-refractivity contribution in [3.8, 4) is 5.75 Å². The first-order valence-corrected chi connectivity index (χ1v) is 5.96. The summed E-state index contributed by atoms with van der Waals surface area (Å²) in [6.07, 6.45) is 0. The molecule has 7 heteroatoms. The van der Waals surface area contributed by atoms with E-state index in [2.05, 4.69) is 10.1 Å². The van der Waals surface area contributed by atoms with E-state index in [1.165, 1.54) is 31.2 Å². The van der Waals surface area contributed by atoms with Crippen molar-refractivity contribution in [1.82, 2.24) is 5.32 Å². The number of carbonyl (C=O) groups is 2. The first-order valence-electron chi connectivity index (χ1n) is 5.96. The number of ether oxygens (including phenoxy) is 2. The molecule has 1 N–H and O–H groups in total. The van der Waals surface area contributed by atoms with Gasteiger partial charge in [0, 0.05) is 5.56 Å². The molecule has 0 aliphatic rings. The molecule has 1 atom stereocenters.